The Kier molecular flexibility index (Phi) is 3.51. The fraction of sp³-hybridized carbons (Fsp3) is 0.500. The van der Waals surface area contributed by atoms with E-state index in [0.29, 0.717) is 6.04 Å². The maximum Gasteiger partial charge on any atom is 0.121 e. The molecule has 0 amide bonds. The van der Waals surface area contributed by atoms with Crippen LogP contribution in [-0.2, 0) is 4.74 Å². The summed E-state index contributed by atoms with van der Waals surface area (Å²) in [5, 5.41) is 6.88. The van der Waals surface area contributed by atoms with Crippen molar-refractivity contribution in [3.05, 3.63) is 18.2 Å². The summed E-state index contributed by atoms with van der Waals surface area (Å²) in [6, 6.07) is 6.43. The maximum atomic E-state index is 5.20. The number of methoxy groups -OCH3 is 2. The van der Waals surface area contributed by atoms with Crippen molar-refractivity contribution < 1.29 is 9.47 Å². The summed E-state index contributed by atoms with van der Waals surface area (Å²) in [4.78, 5) is 0. The molecule has 0 aliphatic carbocycles. The van der Waals surface area contributed by atoms with Gasteiger partial charge in [-0.25, -0.2) is 0 Å². The Balaban J connectivity index is 2.06. The van der Waals surface area contributed by atoms with Crippen LogP contribution in [0, 0.1) is 0 Å². The molecule has 0 radical (unpaired) electrons. The highest BCUT2D eigenvalue weighted by Crippen LogP contribution is 2.30. The minimum atomic E-state index is 0.416. The lowest BCUT2D eigenvalue weighted by atomic mass is 10.1. The second-order valence-corrected chi connectivity index (χ2v) is 3.92. The molecule has 0 aromatic heterocycles. The van der Waals surface area contributed by atoms with E-state index in [-0.39, 0.29) is 0 Å². The molecule has 1 unspecified atom stereocenters. The van der Waals surface area contributed by atoms with Gasteiger partial charge in [-0.1, -0.05) is 0 Å². The molecule has 1 aliphatic rings. The zero-order valence-corrected chi connectivity index (χ0v) is 9.75. The largest absolute Gasteiger partial charge is 0.497 e. The van der Waals surface area contributed by atoms with E-state index in [9.17, 15) is 0 Å². The highest BCUT2D eigenvalue weighted by Gasteiger charge is 2.16. The predicted molar refractivity (Wildman–Crippen MR) is 65.4 cm³/mol. The summed E-state index contributed by atoms with van der Waals surface area (Å²) in [6.45, 7) is 1.71. The standard InChI is InChI=1S/C12H18N2O2/c1-15-6-5-9-8-13-11-4-3-10(16-2)7-12(11)14-9/h3-4,7,9,13-14H,5-6,8H2,1-2H3. The monoisotopic (exact) mass is 222 g/mol. The summed E-state index contributed by atoms with van der Waals surface area (Å²) in [5.74, 6) is 0.875. The fourth-order valence-electron chi connectivity index (χ4n) is 1.86. The molecule has 0 spiro atoms. The first-order valence-electron chi connectivity index (χ1n) is 5.51. The van der Waals surface area contributed by atoms with Crippen molar-refractivity contribution in [1.29, 1.82) is 0 Å². The van der Waals surface area contributed by atoms with Crippen LogP contribution in [0.2, 0.25) is 0 Å². The van der Waals surface area contributed by atoms with Gasteiger partial charge < -0.3 is 20.1 Å². The molecule has 0 saturated heterocycles. The average Bonchev–Trinajstić information content (AvgIpc) is 2.35. The first-order chi connectivity index (χ1) is 7.83. The molecule has 2 rings (SSSR count). The minimum absolute atomic E-state index is 0.416. The molecule has 2 N–H and O–H groups in total. The summed E-state index contributed by atoms with van der Waals surface area (Å²) < 4.78 is 10.3. The molecular formula is C12H18N2O2. The predicted octanol–water partition coefficient (Wildman–Crippen LogP) is 1.94. The van der Waals surface area contributed by atoms with E-state index in [0.717, 1.165) is 36.7 Å². The van der Waals surface area contributed by atoms with Crippen LogP contribution in [-0.4, -0.2) is 33.4 Å². The van der Waals surface area contributed by atoms with Crippen LogP contribution >= 0.6 is 0 Å². The topological polar surface area (TPSA) is 42.5 Å². The number of hydrogen-bond donors (Lipinski definition) is 2. The number of benzene rings is 1. The third-order valence-electron chi connectivity index (χ3n) is 2.80. The SMILES string of the molecule is COCCC1CNc2ccc(OC)cc2N1. The van der Waals surface area contributed by atoms with Gasteiger partial charge in [-0.15, -0.1) is 0 Å². The van der Waals surface area contributed by atoms with E-state index in [2.05, 4.69) is 10.6 Å². The van der Waals surface area contributed by atoms with E-state index < -0.39 is 0 Å². The Bertz CT molecular complexity index is 355. The van der Waals surface area contributed by atoms with Gasteiger partial charge >= 0.3 is 0 Å². The van der Waals surface area contributed by atoms with E-state index in [1.54, 1.807) is 14.2 Å². The Morgan fingerprint density at radius 1 is 1.31 bits per heavy atom. The molecule has 4 heteroatoms. The molecule has 16 heavy (non-hydrogen) atoms. The van der Waals surface area contributed by atoms with Crippen molar-refractivity contribution in [3.8, 4) is 5.75 Å². The van der Waals surface area contributed by atoms with Gasteiger partial charge in [0.2, 0.25) is 0 Å². The van der Waals surface area contributed by atoms with Gasteiger partial charge in [-0.3, -0.25) is 0 Å². The number of ether oxygens (including phenoxy) is 2. The summed E-state index contributed by atoms with van der Waals surface area (Å²) in [7, 11) is 3.41. The molecule has 1 aromatic rings. The second-order valence-electron chi connectivity index (χ2n) is 3.92. The molecule has 1 atom stereocenters. The number of fused-ring (bicyclic) bond motifs is 1. The number of anilines is 2. The zero-order chi connectivity index (χ0) is 11.4. The van der Waals surface area contributed by atoms with E-state index in [4.69, 9.17) is 9.47 Å². The molecule has 0 bridgehead atoms. The highest BCUT2D eigenvalue weighted by atomic mass is 16.5. The van der Waals surface area contributed by atoms with Crippen molar-refractivity contribution >= 4 is 11.4 Å². The third kappa shape index (κ3) is 2.39. The van der Waals surface area contributed by atoms with Gasteiger partial charge in [0.1, 0.15) is 5.75 Å². The Hall–Kier alpha value is -1.42. The summed E-state index contributed by atoms with van der Waals surface area (Å²) >= 11 is 0. The Labute approximate surface area is 95.9 Å². The summed E-state index contributed by atoms with van der Waals surface area (Å²) in [5.41, 5.74) is 2.24. The first-order valence-corrected chi connectivity index (χ1v) is 5.51. The molecule has 88 valence electrons. The molecule has 1 heterocycles. The Morgan fingerprint density at radius 3 is 2.94 bits per heavy atom. The van der Waals surface area contributed by atoms with Gasteiger partial charge in [-0.2, -0.15) is 0 Å². The molecule has 0 saturated carbocycles. The first kappa shape index (κ1) is 11.1. The molecular weight excluding hydrogens is 204 g/mol. The summed E-state index contributed by atoms with van der Waals surface area (Å²) in [6.07, 6.45) is 1.00. The van der Waals surface area contributed by atoms with E-state index in [1.165, 1.54) is 0 Å². The quantitative estimate of drug-likeness (QED) is 0.817. The van der Waals surface area contributed by atoms with Crippen LogP contribution in [0.5, 0.6) is 5.75 Å². The third-order valence-corrected chi connectivity index (χ3v) is 2.80. The van der Waals surface area contributed by atoms with Crippen molar-refractivity contribution in [2.45, 2.75) is 12.5 Å². The van der Waals surface area contributed by atoms with Crippen molar-refractivity contribution in [3.63, 3.8) is 0 Å². The van der Waals surface area contributed by atoms with Crippen molar-refractivity contribution in [2.24, 2.45) is 0 Å². The second kappa shape index (κ2) is 5.07. The normalized spacial score (nSPS) is 18.2. The van der Waals surface area contributed by atoms with Crippen LogP contribution in [0.25, 0.3) is 0 Å². The fourth-order valence-corrected chi connectivity index (χ4v) is 1.86. The van der Waals surface area contributed by atoms with Gasteiger partial charge in [-0.05, 0) is 18.6 Å². The van der Waals surface area contributed by atoms with E-state index >= 15 is 0 Å². The molecule has 0 fully saturated rings. The molecule has 4 nitrogen and oxygen atoms in total. The van der Waals surface area contributed by atoms with Crippen LogP contribution in [0.15, 0.2) is 18.2 Å². The van der Waals surface area contributed by atoms with Gasteiger partial charge in [0.15, 0.2) is 0 Å². The average molecular weight is 222 g/mol. The van der Waals surface area contributed by atoms with Crippen molar-refractivity contribution in [2.75, 3.05) is 38.0 Å². The lowest BCUT2D eigenvalue weighted by molar-refractivity contribution is 0.190. The van der Waals surface area contributed by atoms with Gasteiger partial charge in [0.05, 0.1) is 18.5 Å². The Morgan fingerprint density at radius 2 is 2.19 bits per heavy atom. The zero-order valence-electron chi connectivity index (χ0n) is 9.75. The van der Waals surface area contributed by atoms with Crippen LogP contribution < -0.4 is 15.4 Å². The van der Waals surface area contributed by atoms with E-state index in [1.807, 2.05) is 18.2 Å². The van der Waals surface area contributed by atoms with Gasteiger partial charge in [0, 0.05) is 32.4 Å². The maximum absolute atomic E-state index is 5.20. The van der Waals surface area contributed by atoms with Crippen LogP contribution in [0.3, 0.4) is 0 Å². The minimum Gasteiger partial charge on any atom is -0.497 e. The number of nitrogens with one attached hydrogen (secondary N) is 2. The molecule has 1 aromatic carbocycles. The number of hydrogen-bond acceptors (Lipinski definition) is 4. The van der Waals surface area contributed by atoms with Crippen LogP contribution in [0.1, 0.15) is 6.42 Å². The van der Waals surface area contributed by atoms with Crippen molar-refractivity contribution in [1.82, 2.24) is 0 Å². The lowest BCUT2D eigenvalue weighted by Gasteiger charge is -2.28. The molecule has 1 aliphatic heterocycles. The lowest BCUT2D eigenvalue weighted by Crippen LogP contribution is -2.33. The smallest absolute Gasteiger partial charge is 0.121 e. The highest BCUT2D eigenvalue weighted by molar-refractivity contribution is 5.73. The van der Waals surface area contributed by atoms with Crippen LogP contribution in [0.4, 0.5) is 11.4 Å². The van der Waals surface area contributed by atoms with Gasteiger partial charge in [0.25, 0.3) is 0 Å². The number of rotatable bonds is 4.